The van der Waals surface area contributed by atoms with E-state index >= 15 is 0 Å². The van der Waals surface area contributed by atoms with Crippen LogP contribution in [0.15, 0.2) is 27.6 Å². The van der Waals surface area contributed by atoms with Crippen LogP contribution in [0.1, 0.15) is 12.8 Å². The Balaban J connectivity index is 2.15. The van der Waals surface area contributed by atoms with Crippen LogP contribution in [-0.4, -0.2) is 47.9 Å². The molecular weight excluding hydrogens is 372 g/mol. The summed E-state index contributed by atoms with van der Waals surface area (Å²) >= 11 is 3.29. The topological polar surface area (TPSA) is 76.7 Å². The van der Waals surface area contributed by atoms with Crippen LogP contribution in [0.5, 0.6) is 5.75 Å². The lowest BCUT2D eigenvalue weighted by atomic mass is 9.99. The van der Waals surface area contributed by atoms with E-state index in [1.54, 1.807) is 19.2 Å². The molecular formula is C14H21BrN2O4S. The summed E-state index contributed by atoms with van der Waals surface area (Å²) in [6.07, 6.45) is 1.89. The fourth-order valence-electron chi connectivity index (χ4n) is 2.60. The summed E-state index contributed by atoms with van der Waals surface area (Å²) in [6.45, 7) is 1.63. The van der Waals surface area contributed by atoms with Gasteiger partial charge in [0.25, 0.3) is 0 Å². The lowest BCUT2D eigenvalue weighted by molar-refractivity contribution is 0.122. The molecule has 0 radical (unpaired) electrons. The molecule has 0 aliphatic carbocycles. The van der Waals surface area contributed by atoms with E-state index in [1.807, 2.05) is 0 Å². The third-order valence-electron chi connectivity index (χ3n) is 3.74. The highest BCUT2D eigenvalue weighted by Crippen LogP contribution is 2.25. The molecule has 2 rings (SSSR count). The minimum Gasteiger partial charge on any atom is -0.497 e. The minimum atomic E-state index is -3.61. The molecule has 1 aromatic carbocycles. The molecule has 0 spiro atoms. The molecule has 22 heavy (non-hydrogen) atoms. The normalized spacial score (nSPS) is 22.0. The SMILES string of the molecule is COCC1(CNS(=O)(=O)c2cc(Br)cc(OC)c2)CCCN1. The van der Waals surface area contributed by atoms with Crippen LogP contribution < -0.4 is 14.8 Å². The van der Waals surface area contributed by atoms with Gasteiger partial charge in [-0.25, -0.2) is 13.1 Å². The van der Waals surface area contributed by atoms with Gasteiger partial charge in [0.05, 0.1) is 24.2 Å². The van der Waals surface area contributed by atoms with Crippen molar-refractivity contribution < 1.29 is 17.9 Å². The van der Waals surface area contributed by atoms with Crippen molar-refractivity contribution in [1.29, 1.82) is 0 Å². The molecule has 0 bridgehead atoms. The number of halogens is 1. The van der Waals surface area contributed by atoms with E-state index in [0.717, 1.165) is 19.4 Å². The van der Waals surface area contributed by atoms with Gasteiger partial charge in [0.15, 0.2) is 0 Å². The van der Waals surface area contributed by atoms with Crippen LogP contribution in [0, 0.1) is 0 Å². The second kappa shape index (κ2) is 7.27. The number of sulfonamides is 1. The average Bonchev–Trinajstić information content (AvgIpc) is 2.94. The molecule has 1 aliphatic heterocycles. The first-order valence-electron chi connectivity index (χ1n) is 6.99. The van der Waals surface area contributed by atoms with Gasteiger partial charge in [-0.05, 0) is 31.5 Å². The van der Waals surface area contributed by atoms with E-state index in [0.29, 0.717) is 16.8 Å². The number of ether oxygens (including phenoxy) is 2. The Morgan fingerprint density at radius 1 is 1.36 bits per heavy atom. The minimum absolute atomic E-state index is 0.171. The number of benzene rings is 1. The van der Waals surface area contributed by atoms with Crippen molar-refractivity contribution in [2.24, 2.45) is 0 Å². The standard InChI is InChI=1S/C14H21BrN2O4S/c1-20-10-14(4-3-5-16-14)9-17-22(18,19)13-7-11(15)6-12(8-13)21-2/h6-8,16-17H,3-5,9-10H2,1-2H3. The first-order chi connectivity index (χ1) is 10.4. The van der Waals surface area contributed by atoms with Gasteiger partial charge in [-0.2, -0.15) is 0 Å². The van der Waals surface area contributed by atoms with Crippen LogP contribution in [0.4, 0.5) is 0 Å². The number of nitrogens with one attached hydrogen (secondary N) is 2. The molecule has 0 aromatic heterocycles. The average molecular weight is 393 g/mol. The summed E-state index contributed by atoms with van der Waals surface area (Å²) < 4.78 is 38.7. The van der Waals surface area contributed by atoms with Crippen LogP contribution in [0.2, 0.25) is 0 Å². The molecule has 1 aliphatic rings. The van der Waals surface area contributed by atoms with Crippen molar-refractivity contribution in [3.8, 4) is 5.75 Å². The second-order valence-corrected chi connectivity index (χ2v) is 8.08. The fraction of sp³-hybridized carbons (Fsp3) is 0.571. The van der Waals surface area contributed by atoms with Crippen molar-refractivity contribution in [2.75, 3.05) is 33.9 Å². The summed E-state index contributed by atoms with van der Waals surface area (Å²) in [5.41, 5.74) is -0.335. The first kappa shape index (κ1) is 17.7. The molecule has 124 valence electrons. The van der Waals surface area contributed by atoms with E-state index < -0.39 is 10.0 Å². The number of methoxy groups -OCH3 is 2. The summed E-state index contributed by atoms with van der Waals surface area (Å²) in [7, 11) is -0.493. The summed E-state index contributed by atoms with van der Waals surface area (Å²) in [6, 6.07) is 4.76. The van der Waals surface area contributed by atoms with Crippen molar-refractivity contribution in [3.63, 3.8) is 0 Å². The molecule has 1 aromatic rings. The van der Waals surface area contributed by atoms with Gasteiger partial charge < -0.3 is 14.8 Å². The Morgan fingerprint density at radius 2 is 2.14 bits per heavy atom. The van der Waals surface area contributed by atoms with Gasteiger partial charge >= 0.3 is 0 Å². The van der Waals surface area contributed by atoms with Crippen LogP contribution in [0.25, 0.3) is 0 Å². The molecule has 1 saturated heterocycles. The number of hydrogen-bond donors (Lipinski definition) is 2. The highest BCUT2D eigenvalue weighted by atomic mass is 79.9. The molecule has 1 heterocycles. The van der Waals surface area contributed by atoms with Gasteiger partial charge in [0, 0.05) is 24.2 Å². The lowest BCUT2D eigenvalue weighted by Gasteiger charge is -2.28. The van der Waals surface area contributed by atoms with E-state index in [1.165, 1.54) is 13.2 Å². The van der Waals surface area contributed by atoms with Crippen molar-refractivity contribution in [3.05, 3.63) is 22.7 Å². The van der Waals surface area contributed by atoms with Crippen LogP contribution in [0.3, 0.4) is 0 Å². The number of hydrogen-bond acceptors (Lipinski definition) is 5. The number of rotatable bonds is 7. The zero-order chi connectivity index (χ0) is 16.2. The van der Waals surface area contributed by atoms with Crippen molar-refractivity contribution >= 4 is 26.0 Å². The van der Waals surface area contributed by atoms with Crippen LogP contribution >= 0.6 is 15.9 Å². The summed E-state index contributed by atoms with van der Waals surface area (Å²) in [4.78, 5) is 0.171. The van der Waals surface area contributed by atoms with Gasteiger partial charge in [0.1, 0.15) is 5.75 Å². The van der Waals surface area contributed by atoms with Crippen LogP contribution in [-0.2, 0) is 14.8 Å². The summed E-state index contributed by atoms with van der Waals surface area (Å²) in [5.74, 6) is 0.486. The van der Waals surface area contributed by atoms with E-state index in [4.69, 9.17) is 9.47 Å². The Bertz CT molecular complexity index is 615. The Labute approximate surface area is 139 Å². The van der Waals surface area contributed by atoms with E-state index in [-0.39, 0.29) is 17.0 Å². The quantitative estimate of drug-likeness (QED) is 0.735. The van der Waals surface area contributed by atoms with Crippen molar-refractivity contribution in [1.82, 2.24) is 10.0 Å². The highest BCUT2D eigenvalue weighted by molar-refractivity contribution is 9.10. The summed E-state index contributed by atoms with van der Waals surface area (Å²) in [5, 5.41) is 3.34. The van der Waals surface area contributed by atoms with Gasteiger partial charge in [0.2, 0.25) is 10.0 Å². The van der Waals surface area contributed by atoms with E-state index in [2.05, 4.69) is 26.0 Å². The third kappa shape index (κ3) is 4.20. The predicted octanol–water partition coefficient (Wildman–Crippen LogP) is 1.50. The van der Waals surface area contributed by atoms with Gasteiger partial charge in [-0.1, -0.05) is 15.9 Å². The largest absolute Gasteiger partial charge is 0.497 e. The zero-order valence-electron chi connectivity index (χ0n) is 12.7. The highest BCUT2D eigenvalue weighted by Gasteiger charge is 2.34. The van der Waals surface area contributed by atoms with E-state index in [9.17, 15) is 8.42 Å². The first-order valence-corrected chi connectivity index (χ1v) is 9.27. The Hall–Kier alpha value is -0.670. The molecule has 1 fully saturated rings. The molecule has 8 heteroatoms. The Morgan fingerprint density at radius 3 is 2.73 bits per heavy atom. The van der Waals surface area contributed by atoms with Gasteiger partial charge in [-0.15, -0.1) is 0 Å². The molecule has 1 unspecified atom stereocenters. The fourth-order valence-corrected chi connectivity index (χ4v) is 4.41. The lowest BCUT2D eigenvalue weighted by Crippen LogP contribution is -2.52. The monoisotopic (exact) mass is 392 g/mol. The zero-order valence-corrected chi connectivity index (χ0v) is 15.1. The molecule has 0 amide bonds. The smallest absolute Gasteiger partial charge is 0.240 e. The maximum Gasteiger partial charge on any atom is 0.240 e. The van der Waals surface area contributed by atoms with Crippen molar-refractivity contribution in [2.45, 2.75) is 23.3 Å². The predicted molar refractivity (Wildman–Crippen MR) is 87.7 cm³/mol. The molecule has 1 atom stereocenters. The maximum absolute atomic E-state index is 12.5. The second-order valence-electron chi connectivity index (χ2n) is 5.39. The molecule has 0 saturated carbocycles. The van der Waals surface area contributed by atoms with Gasteiger partial charge in [-0.3, -0.25) is 0 Å². The maximum atomic E-state index is 12.5. The molecule has 2 N–H and O–H groups in total. The molecule has 6 nitrogen and oxygen atoms in total. The third-order valence-corrected chi connectivity index (χ3v) is 5.58. The Kier molecular flexibility index (Phi) is 5.84.